The van der Waals surface area contributed by atoms with E-state index in [0.717, 1.165) is 22.4 Å². The van der Waals surface area contributed by atoms with Crippen LogP contribution in [0.1, 0.15) is 21.5 Å². The highest BCUT2D eigenvalue weighted by Crippen LogP contribution is 2.31. The number of hydrogen-bond acceptors (Lipinski definition) is 5. The maximum Gasteiger partial charge on any atom is 0.255 e. The summed E-state index contributed by atoms with van der Waals surface area (Å²) >= 11 is 0. The summed E-state index contributed by atoms with van der Waals surface area (Å²) in [6.45, 7) is 4.00. The summed E-state index contributed by atoms with van der Waals surface area (Å²) in [7, 11) is 3.14. The minimum absolute atomic E-state index is 0.199. The van der Waals surface area contributed by atoms with E-state index < -0.39 is 0 Å². The van der Waals surface area contributed by atoms with Crippen LogP contribution in [-0.4, -0.2) is 34.7 Å². The number of nitrogens with zero attached hydrogens (tertiary/aromatic N) is 3. The Balaban J connectivity index is 1.68. The van der Waals surface area contributed by atoms with E-state index in [2.05, 4.69) is 15.4 Å². The number of methoxy groups -OCH3 is 2. The van der Waals surface area contributed by atoms with Gasteiger partial charge in [-0.2, -0.15) is 0 Å². The Hall–Kier alpha value is -3.87. The van der Waals surface area contributed by atoms with Gasteiger partial charge in [-0.05, 0) is 61.4 Å². The molecule has 1 N–H and O–H groups in total. The van der Waals surface area contributed by atoms with Crippen LogP contribution in [0.2, 0.25) is 0 Å². The number of rotatable bonds is 5. The van der Waals surface area contributed by atoms with Crippen LogP contribution in [0.5, 0.6) is 11.6 Å². The standard InChI is InChI=1S/C23H22N4O3/c1-14-5-6-17(11-15(14)2)23(28)25-18-12-16(7-8-20(18)29-3)19-13-27-21(24-19)9-10-22(26-27)30-4/h5-13H,1-4H3,(H,25,28). The predicted octanol–water partition coefficient (Wildman–Crippen LogP) is 4.28. The van der Waals surface area contributed by atoms with E-state index in [4.69, 9.17) is 9.47 Å². The highest BCUT2D eigenvalue weighted by atomic mass is 16.5. The SMILES string of the molecule is COc1ccc2nc(-c3ccc(OC)c(NC(=O)c4ccc(C)c(C)c4)c3)cn2n1. The van der Waals surface area contributed by atoms with E-state index in [1.54, 1.807) is 24.8 Å². The van der Waals surface area contributed by atoms with E-state index >= 15 is 0 Å². The topological polar surface area (TPSA) is 77.8 Å². The van der Waals surface area contributed by atoms with E-state index in [0.29, 0.717) is 28.5 Å². The molecule has 0 unspecified atom stereocenters. The molecule has 2 aromatic heterocycles. The van der Waals surface area contributed by atoms with Crippen LogP contribution in [0, 0.1) is 13.8 Å². The minimum Gasteiger partial charge on any atom is -0.495 e. The Morgan fingerprint density at radius 3 is 2.53 bits per heavy atom. The lowest BCUT2D eigenvalue weighted by atomic mass is 10.1. The van der Waals surface area contributed by atoms with Crippen molar-refractivity contribution >= 4 is 17.2 Å². The van der Waals surface area contributed by atoms with Gasteiger partial charge in [-0.15, -0.1) is 5.10 Å². The molecule has 152 valence electrons. The van der Waals surface area contributed by atoms with E-state index in [1.807, 2.05) is 62.5 Å². The van der Waals surface area contributed by atoms with Gasteiger partial charge in [0.1, 0.15) is 5.75 Å². The number of carbonyl (C=O) groups is 1. The molecule has 0 aliphatic carbocycles. The fraction of sp³-hybridized carbons (Fsp3) is 0.174. The normalized spacial score (nSPS) is 10.8. The fourth-order valence-corrected chi connectivity index (χ4v) is 3.15. The minimum atomic E-state index is -0.199. The number of imidazole rings is 1. The van der Waals surface area contributed by atoms with Crippen molar-refractivity contribution in [3.8, 4) is 22.9 Å². The van der Waals surface area contributed by atoms with Crippen LogP contribution in [-0.2, 0) is 0 Å². The predicted molar refractivity (Wildman–Crippen MR) is 115 cm³/mol. The summed E-state index contributed by atoms with van der Waals surface area (Å²) in [5, 5.41) is 7.29. The quantitative estimate of drug-likeness (QED) is 0.539. The molecule has 0 aliphatic rings. The molecule has 7 heteroatoms. The molecule has 2 aromatic carbocycles. The number of aryl methyl sites for hydroxylation is 2. The summed E-state index contributed by atoms with van der Waals surface area (Å²) < 4.78 is 12.3. The zero-order valence-electron chi connectivity index (χ0n) is 17.3. The number of amides is 1. The molecule has 0 saturated carbocycles. The fourth-order valence-electron chi connectivity index (χ4n) is 3.15. The molecule has 0 radical (unpaired) electrons. The Kier molecular flexibility index (Phi) is 5.10. The molecule has 7 nitrogen and oxygen atoms in total. The highest BCUT2D eigenvalue weighted by molar-refractivity contribution is 6.05. The number of benzene rings is 2. The van der Waals surface area contributed by atoms with Crippen LogP contribution in [0.25, 0.3) is 16.9 Å². The lowest BCUT2D eigenvalue weighted by Crippen LogP contribution is -2.13. The number of anilines is 1. The van der Waals surface area contributed by atoms with Gasteiger partial charge in [0.2, 0.25) is 5.88 Å². The van der Waals surface area contributed by atoms with Gasteiger partial charge in [0.15, 0.2) is 5.65 Å². The first-order chi connectivity index (χ1) is 14.5. The maximum atomic E-state index is 12.8. The molecule has 4 rings (SSSR count). The van der Waals surface area contributed by atoms with Crippen LogP contribution in [0.4, 0.5) is 5.69 Å². The number of aromatic nitrogens is 3. The van der Waals surface area contributed by atoms with Crippen molar-refractivity contribution in [1.82, 2.24) is 14.6 Å². The third kappa shape index (κ3) is 3.69. The Morgan fingerprint density at radius 2 is 1.80 bits per heavy atom. The van der Waals surface area contributed by atoms with Gasteiger partial charge >= 0.3 is 0 Å². The molecular weight excluding hydrogens is 380 g/mol. The number of fused-ring (bicyclic) bond motifs is 1. The lowest BCUT2D eigenvalue weighted by molar-refractivity contribution is 0.102. The smallest absolute Gasteiger partial charge is 0.255 e. The average Bonchev–Trinajstić information content (AvgIpc) is 3.18. The highest BCUT2D eigenvalue weighted by Gasteiger charge is 2.14. The molecule has 4 aromatic rings. The largest absolute Gasteiger partial charge is 0.495 e. The van der Waals surface area contributed by atoms with Crippen molar-refractivity contribution in [1.29, 1.82) is 0 Å². The first-order valence-electron chi connectivity index (χ1n) is 9.46. The van der Waals surface area contributed by atoms with Crippen molar-refractivity contribution in [3.05, 3.63) is 71.4 Å². The van der Waals surface area contributed by atoms with Crippen molar-refractivity contribution < 1.29 is 14.3 Å². The molecular formula is C23H22N4O3. The summed E-state index contributed by atoms with van der Waals surface area (Å²) in [6.07, 6.45) is 1.81. The Bertz CT molecular complexity index is 1250. The summed E-state index contributed by atoms with van der Waals surface area (Å²) in [6, 6.07) is 14.8. The molecule has 1 amide bonds. The summed E-state index contributed by atoms with van der Waals surface area (Å²) in [5.74, 6) is 0.872. The van der Waals surface area contributed by atoms with Crippen molar-refractivity contribution in [3.63, 3.8) is 0 Å². The van der Waals surface area contributed by atoms with Gasteiger partial charge in [-0.3, -0.25) is 4.79 Å². The second kappa shape index (κ2) is 7.87. The van der Waals surface area contributed by atoms with Crippen LogP contribution in [0.3, 0.4) is 0 Å². The summed E-state index contributed by atoms with van der Waals surface area (Å²) in [5.41, 5.74) is 5.62. The van der Waals surface area contributed by atoms with E-state index in [1.165, 1.54) is 0 Å². The van der Waals surface area contributed by atoms with Gasteiger partial charge in [-0.25, -0.2) is 9.50 Å². The Labute approximate surface area is 174 Å². The van der Waals surface area contributed by atoms with Crippen LogP contribution < -0.4 is 14.8 Å². The van der Waals surface area contributed by atoms with Gasteiger partial charge < -0.3 is 14.8 Å². The number of hydrogen-bond donors (Lipinski definition) is 1. The average molecular weight is 402 g/mol. The maximum absolute atomic E-state index is 12.8. The third-order valence-corrected chi connectivity index (χ3v) is 5.02. The number of carbonyl (C=O) groups excluding carboxylic acids is 1. The Morgan fingerprint density at radius 1 is 0.967 bits per heavy atom. The number of nitrogens with one attached hydrogen (secondary N) is 1. The van der Waals surface area contributed by atoms with Crippen LogP contribution in [0.15, 0.2) is 54.7 Å². The van der Waals surface area contributed by atoms with E-state index in [-0.39, 0.29) is 5.91 Å². The molecule has 0 saturated heterocycles. The molecule has 0 spiro atoms. The second-order valence-corrected chi connectivity index (χ2v) is 6.97. The molecule has 30 heavy (non-hydrogen) atoms. The molecule has 0 aliphatic heterocycles. The van der Waals surface area contributed by atoms with Gasteiger partial charge in [-0.1, -0.05) is 6.07 Å². The van der Waals surface area contributed by atoms with Gasteiger partial charge in [0.25, 0.3) is 5.91 Å². The zero-order chi connectivity index (χ0) is 21.3. The second-order valence-electron chi connectivity index (χ2n) is 6.97. The molecule has 0 fully saturated rings. The number of ether oxygens (including phenoxy) is 2. The molecule has 0 atom stereocenters. The molecule has 0 bridgehead atoms. The van der Waals surface area contributed by atoms with Crippen LogP contribution >= 0.6 is 0 Å². The van der Waals surface area contributed by atoms with Gasteiger partial charge in [0, 0.05) is 17.2 Å². The monoisotopic (exact) mass is 402 g/mol. The van der Waals surface area contributed by atoms with Crippen molar-refractivity contribution in [2.75, 3.05) is 19.5 Å². The first-order valence-corrected chi connectivity index (χ1v) is 9.46. The van der Waals surface area contributed by atoms with Crippen molar-refractivity contribution in [2.24, 2.45) is 0 Å². The van der Waals surface area contributed by atoms with Gasteiger partial charge in [0.05, 0.1) is 31.8 Å². The first kappa shape index (κ1) is 19.4. The third-order valence-electron chi connectivity index (χ3n) is 5.02. The zero-order valence-corrected chi connectivity index (χ0v) is 17.3. The van der Waals surface area contributed by atoms with E-state index in [9.17, 15) is 4.79 Å². The molecule has 2 heterocycles. The summed E-state index contributed by atoms with van der Waals surface area (Å²) in [4.78, 5) is 17.4. The van der Waals surface area contributed by atoms with Crippen molar-refractivity contribution in [2.45, 2.75) is 13.8 Å². The lowest BCUT2D eigenvalue weighted by Gasteiger charge is -2.12.